The second-order valence-electron chi connectivity index (χ2n) is 7.14. The first-order chi connectivity index (χ1) is 10.3. The molecule has 2 aliphatic carbocycles. The molecule has 0 bridgehead atoms. The van der Waals surface area contributed by atoms with Gasteiger partial charge in [0.15, 0.2) is 0 Å². The normalized spacial score (nSPS) is 50.5. The van der Waals surface area contributed by atoms with Crippen LogP contribution in [0.2, 0.25) is 0 Å². The highest BCUT2D eigenvalue weighted by atomic mass is 16.8. The summed E-state index contributed by atoms with van der Waals surface area (Å²) >= 11 is 0. The van der Waals surface area contributed by atoms with Gasteiger partial charge in [0.05, 0.1) is 5.60 Å². The first-order valence-electron chi connectivity index (χ1n) is 7.82. The maximum absolute atomic E-state index is 11.9. The zero-order valence-corrected chi connectivity index (χ0v) is 12.5. The number of ether oxygens (including phenoxy) is 3. The van der Waals surface area contributed by atoms with Crippen molar-refractivity contribution in [3.05, 3.63) is 12.2 Å². The van der Waals surface area contributed by atoms with E-state index >= 15 is 0 Å². The summed E-state index contributed by atoms with van der Waals surface area (Å²) < 4.78 is 16.9. The second kappa shape index (κ2) is 4.32. The molecule has 22 heavy (non-hydrogen) atoms. The predicted octanol–water partition coefficient (Wildman–Crippen LogP) is 0.925. The van der Waals surface area contributed by atoms with Crippen LogP contribution in [-0.2, 0) is 23.8 Å². The third-order valence-corrected chi connectivity index (χ3v) is 5.91. The number of rotatable bonds is 0. The summed E-state index contributed by atoms with van der Waals surface area (Å²) in [5.41, 5.74) is -0.526. The monoisotopic (exact) mass is 308 g/mol. The van der Waals surface area contributed by atoms with Crippen LogP contribution in [0.4, 0.5) is 0 Å². The van der Waals surface area contributed by atoms with Gasteiger partial charge in [0.25, 0.3) is 0 Å². The quantitative estimate of drug-likeness (QED) is 0.529. The van der Waals surface area contributed by atoms with E-state index in [2.05, 4.69) is 6.58 Å². The van der Waals surface area contributed by atoms with Gasteiger partial charge >= 0.3 is 11.9 Å². The molecule has 6 atom stereocenters. The highest BCUT2D eigenvalue weighted by Gasteiger charge is 2.65. The smallest absolute Gasteiger partial charge is 0.334 e. The van der Waals surface area contributed by atoms with E-state index in [-0.39, 0.29) is 36.3 Å². The standard InChI is InChI=1S/C16H20O6/c1-8-9-3-6-16(20-7-11(17)22-16)10-4-5-15(2,19)12(10)13(9)21-14(8)18/h9-10,12-13,19H,1,3-7H2,2H3/t9-,10+,12-,13-,15+,16-/m0/s1. The topological polar surface area (TPSA) is 82.1 Å². The third-order valence-electron chi connectivity index (χ3n) is 5.91. The van der Waals surface area contributed by atoms with Gasteiger partial charge in [0.1, 0.15) is 12.7 Å². The van der Waals surface area contributed by atoms with Gasteiger partial charge < -0.3 is 19.3 Å². The van der Waals surface area contributed by atoms with Crippen molar-refractivity contribution in [3.63, 3.8) is 0 Å². The minimum atomic E-state index is -0.987. The van der Waals surface area contributed by atoms with Crippen LogP contribution in [0.15, 0.2) is 12.2 Å². The van der Waals surface area contributed by atoms with E-state index in [9.17, 15) is 14.7 Å². The average molecular weight is 308 g/mol. The first-order valence-corrected chi connectivity index (χ1v) is 7.82. The Morgan fingerprint density at radius 3 is 2.73 bits per heavy atom. The Kier molecular flexibility index (Phi) is 2.79. The Balaban J connectivity index is 1.78. The number of fused-ring (bicyclic) bond motifs is 4. The molecule has 0 aromatic carbocycles. The Hall–Kier alpha value is -1.40. The Morgan fingerprint density at radius 1 is 1.27 bits per heavy atom. The fourth-order valence-corrected chi connectivity index (χ4v) is 4.88. The zero-order chi connectivity index (χ0) is 15.7. The van der Waals surface area contributed by atoms with Crippen molar-refractivity contribution in [1.82, 2.24) is 0 Å². The van der Waals surface area contributed by atoms with Crippen molar-refractivity contribution in [1.29, 1.82) is 0 Å². The van der Waals surface area contributed by atoms with Crippen molar-refractivity contribution in [2.75, 3.05) is 6.61 Å². The first kappa shape index (κ1) is 14.2. The molecule has 2 saturated carbocycles. The largest absolute Gasteiger partial charge is 0.458 e. The van der Waals surface area contributed by atoms with Gasteiger partial charge in [-0.3, -0.25) is 0 Å². The molecule has 6 heteroatoms. The van der Waals surface area contributed by atoms with Crippen LogP contribution in [0.3, 0.4) is 0 Å². The highest BCUT2D eigenvalue weighted by Crippen LogP contribution is 2.57. The molecule has 2 aliphatic heterocycles. The molecular formula is C16H20O6. The number of carbonyl (C=O) groups excluding carboxylic acids is 2. The fourth-order valence-electron chi connectivity index (χ4n) is 4.88. The van der Waals surface area contributed by atoms with Crippen molar-refractivity contribution in [2.24, 2.45) is 17.8 Å². The lowest BCUT2D eigenvalue weighted by molar-refractivity contribution is -0.217. The lowest BCUT2D eigenvalue weighted by atomic mass is 9.77. The van der Waals surface area contributed by atoms with Crippen LogP contribution in [0.25, 0.3) is 0 Å². The molecule has 4 rings (SSSR count). The molecule has 0 amide bonds. The summed E-state index contributed by atoms with van der Waals surface area (Å²) in [6, 6.07) is 0. The van der Waals surface area contributed by atoms with Gasteiger partial charge in [0.2, 0.25) is 5.79 Å². The van der Waals surface area contributed by atoms with Crippen LogP contribution < -0.4 is 0 Å². The van der Waals surface area contributed by atoms with Crippen molar-refractivity contribution >= 4 is 11.9 Å². The van der Waals surface area contributed by atoms with Crippen molar-refractivity contribution in [2.45, 2.75) is 50.1 Å². The van der Waals surface area contributed by atoms with E-state index in [4.69, 9.17) is 14.2 Å². The molecule has 2 heterocycles. The number of hydrogen-bond acceptors (Lipinski definition) is 6. The maximum Gasteiger partial charge on any atom is 0.334 e. The molecule has 6 nitrogen and oxygen atoms in total. The van der Waals surface area contributed by atoms with E-state index in [0.717, 1.165) is 0 Å². The molecule has 0 aromatic heterocycles. The molecular weight excluding hydrogens is 288 g/mol. The molecule has 4 aliphatic rings. The van der Waals surface area contributed by atoms with E-state index in [1.807, 2.05) is 0 Å². The van der Waals surface area contributed by atoms with E-state index in [0.29, 0.717) is 31.3 Å². The van der Waals surface area contributed by atoms with Crippen LogP contribution in [-0.4, -0.2) is 41.1 Å². The van der Waals surface area contributed by atoms with Crippen LogP contribution >= 0.6 is 0 Å². The molecule has 1 spiro atoms. The zero-order valence-electron chi connectivity index (χ0n) is 12.5. The average Bonchev–Trinajstić information content (AvgIpc) is 3.02. The van der Waals surface area contributed by atoms with Gasteiger partial charge in [-0.05, 0) is 26.2 Å². The molecule has 2 saturated heterocycles. The van der Waals surface area contributed by atoms with E-state index < -0.39 is 17.5 Å². The summed E-state index contributed by atoms with van der Waals surface area (Å²) in [6.07, 6.45) is 1.94. The van der Waals surface area contributed by atoms with Gasteiger partial charge in [-0.25, -0.2) is 9.59 Å². The van der Waals surface area contributed by atoms with Gasteiger partial charge in [0, 0.05) is 29.7 Å². The van der Waals surface area contributed by atoms with Crippen LogP contribution in [0.5, 0.6) is 0 Å². The molecule has 120 valence electrons. The SMILES string of the molecule is C=C1C(=O)O[C@@H]2[C@@H]3[C@@H](CC[C@@]3(C)O)[C@@]3(CC[C@@H]12)OCC(=O)O3. The number of carbonyl (C=O) groups is 2. The number of esters is 2. The number of aliphatic hydroxyl groups is 1. The third kappa shape index (κ3) is 1.74. The minimum Gasteiger partial charge on any atom is -0.458 e. The number of hydrogen-bond donors (Lipinski definition) is 1. The molecule has 0 radical (unpaired) electrons. The summed E-state index contributed by atoms with van der Waals surface area (Å²) in [5.74, 6) is -2.35. The Bertz CT molecular complexity index is 567. The Labute approximate surface area is 128 Å². The molecule has 1 N–H and O–H groups in total. The Morgan fingerprint density at radius 2 is 2.05 bits per heavy atom. The highest BCUT2D eigenvalue weighted by molar-refractivity contribution is 5.90. The minimum absolute atomic E-state index is 0.0541. The predicted molar refractivity (Wildman–Crippen MR) is 73.4 cm³/mol. The lowest BCUT2D eigenvalue weighted by Crippen LogP contribution is -2.48. The summed E-state index contributed by atoms with van der Waals surface area (Å²) in [6.45, 7) is 5.56. The summed E-state index contributed by atoms with van der Waals surface area (Å²) in [5, 5.41) is 10.8. The summed E-state index contributed by atoms with van der Waals surface area (Å²) in [4.78, 5) is 23.5. The van der Waals surface area contributed by atoms with Crippen molar-refractivity contribution < 1.29 is 28.9 Å². The second-order valence-corrected chi connectivity index (χ2v) is 7.14. The maximum atomic E-state index is 11.9. The molecule has 0 aromatic rings. The van der Waals surface area contributed by atoms with E-state index in [1.165, 1.54) is 0 Å². The van der Waals surface area contributed by atoms with Crippen molar-refractivity contribution in [3.8, 4) is 0 Å². The summed E-state index contributed by atoms with van der Waals surface area (Å²) in [7, 11) is 0. The van der Waals surface area contributed by atoms with Gasteiger partial charge in [-0.2, -0.15) is 0 Å². The van der Waals surface area contributed by atoms with Gasteiger partial charge in [-0.1, -0.05) is 6.58 Å². The van der Waals surface area contributed by atoms with Gasteiger partial charge in [-0.15, -0.1) is 0 Å². The van der Waals surface area contributed by atoms with Crippen LogP contribution in [0.1, 0.15) is 32.6 Å². The fraction of sp³-hybridized carbons (Fsp3) is 0.750. The lowest BCUT2D eigenvalue weighted by Gasteiger charge is -2.38. The van der Waals surface area contributed by atoms with Crippen LogP contribution in [0, 0.1) is 17.8 Å². The molecule has 4 fully saturated rings. The molecule has 0 unspecified atom stereocenters. The van der Waals surface area contributed by atoms with E-state index in [1.54, 1.807) is 6.92 Å².